The normalized spacial score (nSPS) is 42.8. The van der Waals surface area contributed by atoms with E-state index in [1.54, 1.807) is 6.20 Å². The van der Waals surface area contributed by atoms with Gasteiger partial charge in [-0.15, -0.1) is 0 Å². The van der Waals surface area contributed by atoms with Gasteiger partial charge in [0.15, 0.2) is 0 Å². The average Bonchev–Trinajstić information content (AvgIpc) is 3.31. The van der Waals surface area contributed by atoms with Crippen molar-refractivity contribution < 1.29 is 14.6 Å². The Bertz CT molecular complexity index is 902. The quantitative estimate of drug-likeness (QED) is 0.772. The SMILES string of the molecule is O=C(NC1C2CC3CC1CC(O)(C3)C2)c1cnc(N2C[C@@H]3C[C@H]2CO3)nc1C1CCC1. The summed E-state index contributed by atoms with van der Waals surface area (Å²) in [6, 6.07) is 0.558. The Morgan fingerprint density at radius 1 is 1.19 bits per heavy atom. The minimum atomic E-state index is -0.474. The maximum Gasteiger partial charge on any atom is 0.254 e. The summed E-state index contributed by atoms with van der Waals surface area (Å²) in [4.78, 5) is 25.4. The van der Waals surface area contributed by atoms with E-state index < -0.39 is 5.60 Å². The second-order valence-corrected chi connectivity index (χ2v) is 11.3. The van der Waals surface area contributed by atoms with Crippen molar-refractivity contribution in [2.24, 2.45) is 17.8 Å². The molecule has 7 heteroatoms. The van der Waals surface area contributed by atoms with Crippen molar-refractivity contribution in [1.82, 2.24) is 15.3 Å². The zero-order valence-electron chi connectivity index (χ0n) is 18.0. The van der Waals surface area contributed by atoms with Crippen LogP contribution in [0.2, 0.25) is 0 Å². The number of aromatic nitrogens is 2. The van der Waals surface area contributed by atoms with E-state index in [1.165, 1.54) is 6.42 Å². The molecule has 1 aromatic heterocycles. The maximum atomic E-state index is 13.5. The van der Waals surface area contributed by atoms with Gasteiger partial charge in [-0.05, 0) is 69.1 Å². The lowest BCUT2D eigenvalue weighted by Crippen LogP contribution is -2.61. The highest BCUT2D eigenvalue weighted by Gasteiger charge is 2.55. The summed E-state index contributed by atoms with van der Waals surface area (Å²) in [7, 11) is 0. The van der Waals surface area contributed by atoms with E-state index in [2.05, 4.69) is 15.2 Å². The fraction of sp³-hybridized carbons (Fsp3) is 0.792. The zero-order valence-corrected chi connectivity index (χ0v) is 18.0. The van der Waals surface area contributed by atoms with Crippen LogP contribution in [0, 0.1) is 17.8 Å². The van der Waals surface area contributed by atoms with Crippen LogP contribution in [0.5, 0.6) is 0 Å². The number of carbonyl (C=O) groups excluding carboxylic acids is 1. The lowest BCUT2D eigenvalue weighted by Gasteiger charge is -2.58. The van der Waals surface area contributed by atoms with Gasteiger partial charge in [0.05, 0.1) is 35.6 Å². The minimum Gasteiger partial charge on any atom is -0.390 e. The summed E-state index contributed by atoms with van der Waals surface area (Å²) < 4.78 is 5.73. The van der Waals surface area contributed by atoms with Crippen LogP contribution in [0.1, 0.15) is 79.8 Å². The summed E-state index contributed by atoms with van der Waals surface area (Å²) in [6.45, 7) is 1.61. The number of aliphatic hydroxyl groups is 1. The van der Waals surface area contributed by atoms with Gasteiger partial charge in [-0.25, -0.2) is 9.97 Å². The second-order valence-electron chi connectivity index (χ2n) is 11.3. The fourth-order valence-corrected chi connectivity index (χ4v) is 7.78. The van der Waals surface area contributed by atoms with E-state index in [1.807, 2.05) is 0 Å². The highest BCUT2D eigenvalue weighted by atomic mass is 16.5. The van der Waals surface area contributed by atoms with Crippen molar-refractivity contribution in [2.75, 3.05) is 18.1 Å². The van der Waals surface area contributed by atoms with E-state index >= 15 is 0 Å². The van der Waals surface area contributed by atoms with Gasteiger partial charge in [-0.1, -0.05) is 6.42 Å². The molecule has 7 aliphatic rings. The molecule has 2 unspecified atom stereocenters. The number of nitrogens with zero attached hydrogens (tertiary/aromatic N) is 3. The van der Waals surface area contributed by atoms with Crippen molar-refractivity contribution in [1.29, 1.82) is 0 Å². The number of hydrogen-bond acceptors (Lipinski definition) is 6. The summed E-state index contributed by atoms with van der Waals surface area (Å²) in [6.07, 6.45) is 11.5. The van der Waals surface area contributed by atoms with Crippen molar-refractivity contribution >= 4 is 11.9 Å². The van der Waals surface area contributed by atoms with Crippen LogP contribution < -0.4 is 10.2 Å². The molecule has 31 heavy (non-hydrogen) atoms. The number of hydrogen-bond donors (Lipinski definition) is 2. The molecule has 5 aliphatic carbocycles. The number of rotatable bonds is 4. The molecule has 2 saturated heterocycles. The highest BCUT2D eigenvalue weighted by molar-refractivity contribution is 5.95. The van der Waals surface area contributed by atoms with Crippen LogP contribution in [-0.2, 0) is 4.74 Å². The number of amides is 1. The molecule has 0 aromatic carbocycles. The molecule has 8 rings (SSSR count). The molecule has 0 spiro atoms. The number of anilines is 1. The lowest BCUT2D eigenvalue weighted by molar-refractivity contribution is -0.136. The topological polar surface area (TPSA) is 87.6 Å². The van der Waals surface area contributed by atoms with Gasteiger partial charge < -0.3 is 20.1 Å². The van der Waals surface area contributed by atoms with Crippen LogP contribution in [0.4, 0.5) is 5.95 Å². The standard InChI is InChI=1S/C24H32N4O3/c29-22(26-20-15-4-13-5-16(20)9-24(30,7-13)8-15)19-10-25-23(27-21(19)14-2-1-3-14)28-11-18-6-17(28)12-31-18/h10,13-18,20,30H,1-9,11-12H2,(H,26,29)/t13?,15?,16?,17-,18-,20?,24?/m0/s1. The molecule has 6 bridgehead atoms. The molecule has 3 heterocycles. The van der Waals surface area contributed by atoms with E-state index in [4.69, 9.17) is 9.72 Å². The Kier molecular flexibility index (Phi) is 4.03. The first-order chi connectivity index (χ1) is 15.0. The van der Waals surface area contributed by atoms with Gasteiger partial charge in [-0.3, -0.25) is 4.79 Å². The molecule has 4 atom stereocenters. The van der Waals surface area contributed by atoms with Gasteiger partial charge >= 0.3 is 0 Å². The van der Waals surface area contributed by atoms with Gasteiger partial charge in [0.1, 0.15) is 0 Å². The monoisotopic (exact) mass is 424 g/mol. The Hall–Kier alpha value is -1.73. The third-order valence-electron chi connectivity index (χ3n) is 9.24. The van der Waals surface area contributed by atoms with Gasteiger partial charge in [0.25, 0.3) is 5.91 Å². The van der Waals surface area contributed by atoms with Crippen LogP contribution in [0.15, 0.2) is 6.20 Å². The Morgan fingerprint density at radius 3 is 2.61 bits per heavy atom. The van der Waals surface area contributed by atoms with E-state index in [0.29, 0.717) is 41.4 Å². The Morgan fingerprint density at radius 2 is 2.00 bits per heavy atom. The minimum absolute atomic E-state index is 0.0100. The van der Waals surface area contributed by atoms with Gasteiger partial charge in [0.2, 0.25) is 5.95 Å². The van der Waals surface area contributed by atoms with E-state index in [-0.39, 0.29) is 11.9 Å². The van der Waals surface area contributed by atoms with Crippen LogP contribution in [0.25, 0.3) is 0 Å². The third-order valence-corrected chi connectivity index (χ3v) is 9.24. The maximum absolute atomic E-state index is 13.5. The molecule has 5 saturated carbocycles. The third kappa shape index (κ3) is 2.95. The van der Waals surface area contributed by atoms with E-state index in [0.717, 1.165) is 76.2 Å². The first-order valence-electron chi connectivity index (χ1n) is 12.3. The number of morpholine rings is 1. The average molecular weight is 425 g/mol. The second kappa shape index (κ2) is 6.64. The first kappa shape index (κ1) is 18.8. The van der Waals surface area contributed by atoms with Crippen molar-refractivity contribution in [3.63, 3.8) is 0 Å². The summed E-state index contributed by atoms with van der Waals surface area (Å²) in [5.74, 6) is 2.59. The van der Waals surface area contributed by atoms with Crippen molar-refractivity contribution in [2.45, 2.75) is 87.5 Å². The number of carbonyl (C=O) groups is 1. The van der Waals surface area contributed by atoms with Crippen LogP contribution in [0.3, 0.4) is 0 Å². The Labute approximate surface area is 183 Å². The molecular formula is C24H32N4O3. The van der Waals surface area contributed by atoms with Crippen LogP contribution in [-0.4, -0.2) is 57.9 Å². The summed E-state index contributed by atoms with van der Waals surface area (Å²) >= 11 is 0. The number of nitrogens with one attached hydrogen (secondary N) is 1. The van der Waals surface area contributed by atoms with Crippen LogP contribution >= 0.6 is 0 Å². The van der Waals surface area contributed by atoms with Crippen molar-refractivity contribution in [3.8, 4) is 0 Å². The zero-order chi connectivity index (χ0) is 20.7. The lowest BCUT2D eigenvalue weighted by atomic mass is 9.52. The molecule has 1 amide bonds. The molecule has 0 radical (unpaired) electrons. The summed E-state index contributed by atoms with van der Waals surface area (Å²) in [5.41, 5.74) is 1.14. The fourth-order valence-electron chi connectivity index (χ4n) is 7.78. The summed E-state index contributed by atoms with van der Waals surface area (Å²) in [5, 5.41) is 14.3. The molecule has 7 fully saturated rings. The molecule has 7 nitrogen and oxygen atoms in total. The molecule has 166 valence electrons. The molecule has 2 aliphatic heterocycles. The van der Waals surface area contributed by atoms with Crippen molar-refractivity contribution in [3.05, 3.63) is 17.5 Å². The molecular weight excluding hydrogens is 392 g/mol. The number of fused-ring (bicyclic) bond motifs is 2. The van der Waals surface area contributed by atoms with E-state index in [9.17, 15) is 9.90 Å². The molecule has 2 N–H and O–H groups in total. The smallest absolute Gasteiger partial charge is 0.254 e. The first-order valence-corrected chi connectivity index (χ1v) is 12.3. The van der Waals surface area contributed by atoms with Gasteiger partial charge in [0, 0.05) is 24.7 Å². The predicted octanol–water partition coefficient (Wildman–Crippen LogP) is 2.39. The van der Waals surface area contributed by atoms with Gasteiger partial charge in [-0.2, -0.15) is 0 Å². The predicted molar refractivity (Wildman–Crippen MR) is 114 cm³/mol. The largest absolute Gasteiger partial charge is 0.390 e. The number of ether oxygens (including phenoxy) is 1. The molecule has 1 aromatic rings. The highest BCUT2D eigenvalue weighted by Crippen LogP contribution is 2.55. The Balaban J connectivity index is 1.15.